The van der Waals surface area contributed by atoms with Gasteiger partial charge in [0.05, 0.1) is 34.3 Å². The summed E-state index contributed by atoms with van der Waals surface area (Å²) in [5, 5.41) is 2.64. The number of rotatable bonds is 54. The number of nitrogens with zero attached hydrogens (tertiary/aromatic N) is 1. The number of hydrogen-bond acceptors (Lipinski definition) is 13. The lowest BCUT2D eigenvalue weighted by molar-refractivity contribution is -0.870. The summed E-state index contributed by atoms with van der Waals surface area (Å²) >= 11 is 0. The fourth-order valence-electron chi connectivity index (χ4n) is 8.59. The molecule has 0 aromatic rings. The van der Waals surface area contributed by atoms with Crippen molar-refractivity contribution in [1.82, 2.24) is 5.32 Å². The number of hydrogen-bond donors (Lipinski definition) is 2. The molecule has 0 spiro atoms. The van der Waals surface area contributed by atoms with Gasteiger partial charge in [0, 0.05) is 25.7 Å². The Balaban J connectivity index is 4.22. The molecule has 0 saturated carbocycles. The number of unbranched alkanes of at least 4 members (excludes halogenated alkanes) is 31. The molecule has 0 saturated heterocycles. The van der Waals surface area contributed by atoms with Crippen molar-refractivity contribution < 1.29 is 70.6 Å². The minimum absolute atomic E-state index is 0.00162. The molecule has 0 radical (unpaired) electrons. The van der Waals surface area contributed by atoms with Gasteiger partial charge in [0.15, 0.2) is 12.2 Å². The lowest BCUT2D eigenvalue weighted by Gasteiger charge is -2.24. The maximum atomic E-state index is 12.8. The van der Waals surface area contributed by atoms with Crippen molar-refractivity contribution >= 4 is 37.8 Å². The summed E-state index contributed by atoms with van der Waals surface area (Å²) in [6.45, 7) is 9.45. The third kappa shape index (κ3) is 54.9. The SMILES string of the molecule is CCCCCCCCCCC(=O)OC[C@H](COP(=O)(O)OCC[N+](C)(C)C)OC(=O)CCCCCCCCCCCCCCCCCCCCC(=O)O[C@@H](CNC(=O)OC(C)(C)C)COC(=O)CCCCCCCCCC. The summed E-state index contributed by atoms with van der Waals surface area (Å²) in [6, 6.07) is 0. The van der Waals surface area contributed by atoms with Gasteiger partial charge in [-0.1, -0.05) is 206 Å². The Bertz CT molecular complexity index is 1520. The van der Waals surface area contributed by atoms with Crippen LogP contribution in [-0.4, -0.2) is 118 Å². The first-order chi connectivity index (χ1) is 36.7. The van der Waals surface area contributed by atoms with Crippen molar-refractivity contribution in [3.63, 3.8) is 0 Å². The standard InChI is InChI=1S/C60H115N2O14P/c1-9-11-13-15-17-31-35-39-43-55(63)70-50-53(49-61-59(67)76-60(3,4)5)74-57(65)45-41-37-33-29-27-25-23-21-19-20-22-24-26-28-30-34-38-42-46-58(66)75-54(52-73-77(68,69)72-48-47-62(6,7)8)51-71-56(64)44-40-36-32-18-16-14-12-10-2/h53-54H,9-52H2,1-8H3,(H-,61,67,68,69)/p+1/t53-,54+/m0/s1. The maximum Gasteiger partial charge on any atom is 0.472 e. The van der Waals surface area contributed by atoms with Crippen LogP contribution in [0.2, 0.25) is 0 Å². The van der Waals surface area contributed by atoms with E-state index in [1.807, 2.05) is 21.1 Å². The number of likely N-dealkylation sites (N-methyl/N-ethyl adjacent to an activating group) is 1. The Kier molecular flexibility index (Phi) is 47.3. The second-order valence-corrected chi connectivity index (χ2v) is 24.9. The zero-order valence-corrected chi connectivity index (χ0v) is 51.3. The van der Waals surface area contributed by atoms with Crippen LogP contribution in [0.25, 0.3) is 0 Å². The molecule has 3 atom stereocenters. The van der Waals surface area contributed by atoms with Crippen molar-refractivity contribution in [1.29, 1.82) is 0 Å². The van der Waals surface area contributed by atoms with Gasteiger partial charge in [-0.2, -0.15) is 0 Å². The molecular weight excluding hydrogens is 1000 g/mol. The summed E-state index contributed by atoms with van der Waals surface area (Å²) in [5.41, 5.74) is -0.666. The first-order valence-corrected chi connectivity index (χ1v) is 32.3. The first-order valence-electron chi connectivity index (χ1n) is 30.8. The zero-order valence-electron chi connectivity index (χ0n) is 50.4. The van der Waals surface area contributed by atoms with Gasteiger partial charge in [-0.05, 0) is 46.5 Å². The minimum Gasteiger partial charge on any atom is -0.462 e. The van der Waals surface area contributed by atoms with E-state index in [-0.39, 0.29) is 57.6 Å². The summed E-state index contributed by atoms with van der Waals surface area (Å²) in [4.78, 5) is 72.9. The van der Waals surface area contributed by atoms with E-state index in [0.717, 1.165) is 89.9 Å². The quantitative estimate of drug-likeness (QED) is 0.0192. The molecule has 0 aromatic heterocycles. The van der Waals surface area contributed by atoms with E-state index in [1.54, 1.807) is 20.8 Å². The van der Waals surface area contributed by atoms with E-state index < -0.39 is 50.3 Å². The van der Waals surface area contributed by atoms with Crippen LogP contribution in [0.1, 0.15) is 279 Å². The molecule has 454 valence electrons. The number of carbonyl (C=O) groups is 5. The van der Waals surface area contributed by atoms with Gasteiger partial charge in [-0.3, -0.25) is 28.2 Å². The number of phosphoric acid groups is 1. The highest BCUT2D eigenvalue weighted by atomic mass is 31.2. The van der Waals surface area contributed by atoms with Crippen LogP contribution in [0.4, 0.5) is 4.79 Å². The Hall–Kier alpha value is -2.78. The Morgan fingerprint density at radius 3 is 1.10 bits per heavy atom. The fraction of sp³-hybridized carbons (Fsp3) is 0.917. The predicted octanol–water partition coefficient (Wildman–Crippen LogP) is 15.1. The topological polar surface area (TPSA) is 199 Å². The third-order valence-corrected chi connectivity index (χ3v) is 14.2. The van der Waals surface area contributed by atoms with Crippen LogP contribution in [0.15, 0.2) is 0 Å². The molecule has 0 fully saturated rings. The number of alkyl carbamates (subject to hydrolysis) is 1. The second-order valence-electron chi connectivity index (χ2n) is 23.4. The van der Waals surface area contributed by atoms with Gasteiger partial charge >= 0.3 is 37.8 Å². The van der Waals surface area contributed by atoms with Gasteiger partial charge in [0.1, 0.15) is 32.0 Å². The molecule has 0 heterocycles. The molecule has 0 aliphatic rings. The number of quaternary nitrogens is 1. The Morgan fingerprint density at radius 2 is 0.766 bits per heavy atom. The highest BCUT2D eigenvalue weighted by molar-refractivity contribution is 7.47. The van der Waals surface area contributed by atoms with Crippen LogP contribution in [0.3, 0.4) is 0 Å². The Labute approximate surface area is 469 Å². The molecule has 17 heteroatoms. The van der Waals surface area contributed by atoms with Crippen LogP contribution < -0.4 is 5.32 Å². The van der Waals surface area contributed by atoms with E-state index in [1.165, 1.54) is 122 Å². The first kappa shape index (κ1) is 74.2. The number of carbonyl (C=O) groups excluding carboxylic acids is 5. The third-order valence-electron chi connectivity index (χ3n) is 13.3. The van der Waals surface area contributed by atoms with Crippen LogP contribution >= 0.6 is 7.82 Å². The summed E-state index contributed by atoms with van der Waals surface area (Å²) in [5.74, 6) is -1.52. The van der Waals surface area contributed by atoms with E-state index in [2.05, 4.69) is 19.2 Å². The van der Waals surface area contributed by atoms with Gasteiger partial charge in [-0.25, -0.2) is 9.36 Å². The minimum atomic E-state index is -4.40. The number of nitrogens with one attached hydrogen (secondary N) is 1. The van der Waals surface area contributed by atoms with Crippen molar-refractivity contribution in [2.45, 2.75) is 296 Å². The average Bonchev–Trinajstić information content (AvgIpc) is 3.35. The van der Waals surface area contributed by atoms with E-state index >= 15 is 0 Å². The van der Waals surface area contributed by atoms with Crippen LogP contribution in [0.5, 0.6) is 0 Å². The van der Waals surface area contributed by atoms with Gasteiger partial charge in [0.2, 0.25) is 0 Å². The summed E-state index contributed by atoms with van der Waals surface area (Å²) < 4.78 is 50.8. The fourth-order valence-corrected chi connectivity index (χ4v) is 9.33. The van der Waals surface area contributed by atoms with Crippen molar-refractivity contribution in [2.24, 2.45) is 0 Å². The summed E-state index contributed by atoms with van der Waals surface area (Å²) in [7, 11) is 1.42. The molecule has 0 aromatic carbocycles. The number of phosphoric ester groups is 1. The van der Waals surface area contributed by atoms with E-state index in [4.69, 9.17) is 32.7 Å². The van der Waals surface area contributed by atoms with E-state index in [0.29, 0.717) is 23.9 Å². The molecule has 0 aliphatic heterocycles. The average molecular weight is 1120 g/mol. The lowest BCUT2D eigenvalue weighted by Crippen LogP contribution is -2.40. The molecular formula is C60H116N2O14P+. The highest BCUT2D eigenvalue weighted by Gasteiger charge is 2.27. The van der Waals surface area contributed by atoms with Crippen molar-refractivity contribution in [3.8, 4) is 0 Å². The molecule has 77 heavy (non-hydrogen) atoms. The lowest BCUT2D eigenvalue weighted by atomic mass is 10.0. The number of ether oxygens (including phenoxy) is 5. The second kappa shape index (κ2) is 49.1. The zero-order chi connectivity index (χ0) is 57.3. The maximum absolute atomic E-state index is 12.8. The summed E-state index contributed by atoms with van der Waals surface area (Å²) in [6.07, 6.45) is 36.6. The van der Waals surface area contributed by atoms with Crippen LogP contribution in [0, 0.1) is 0 Å². The molecule has 0 rings (SSSR count). The van der Waals surface area contributed by atoms with Crippen LogP contribution in [-0.2, 0) is 56.5 Å². The molecule has 0 aliphatic carbocycles. The molecule has 1 unspecified atom stereocenters. The van der Waals surface area contributed by atoms with Crippen molar-refractivity contribution in [3.05, 3.63) is 0 Å². The van der Waals surface area contributed by atoms with E-state index in [9.17, 15) is 33.4 Å². The van der Waals surface area contributed by atoms with Crippen molar-refractivity contribution in [2.75, 3.05) is 60.7 Å². The largest absolute Gasteiger partial charge is 0.472 e. The molecule has 16 nitrogen and oxygen atoms in total. The Morgan fingerprint density at radius 1 is 0.455 bits per heavy atom. The molecule has 2 N–H and O–H groups in total. The molecule has 0 bridgehead atoms. The highest BCUT2D eigenvalue weighted by Crippen LogP contribution is 2.43. The monoisotopic (exact) mass is 1120 g/mol. The normalized spacial score (nSPS) is 13.4. The van der Waals surface area contributed by atoms with Gasteiger partial charge in [-0.15, -0.1) is 0 Å². The number of amides is 1. The predicted molar refractivity (Wildman–Crippen MR) is 307 cm³/mol. The molecule has 1 amide bonds. The smallest absolute Gasteiger partial charge is 0.462 e. The van der Waals surface area contributed by atoms with Gasteiger partial charge in [0.25, 0.3) is 0 Å². The van der Waals surface area contributed by atoms with Gasteiger partial charge < -0.3 is 38.4 Å². The number of esters is 4.